The standard InChI is InChI=1S/C14H17N3O2/c1-19-11-4-2-10(3-5-11)12-16-13(18)14(17-12)6-8-15-9-7-14/h2-5,15H,6-9H2,1H3,(H,16,17,18). The Morgan fingerprint density at radius 3 is 2.53 bits per heavy atom. The average molecular weight is 259 g/mol. The first-order chi connectivity index (χ1) is 9.23. The van der Waals surface area contributed by atoms with Crippen molar-refractivity contribution in [2.45, 2.75) is 18.4 Å². The number of nitrogens with zero attached hydrogens (tertiary/aromatic N) is 1. The minimum Gasteiger partial charge on any atom is -0.497 e. The van der Waals surface area contributed by atoms with Crippen molar-refractivity contribution in [2.75, 3.05) is 20.2 Å². The molecule has 0 radical (unpaired) electrons. The van der Waals surface area contributed by atoms with Gasteiger partial charge in [-0.3, -0.25) is 9.79 Å². The van der Waals surface area contributed by atoms with E-state index in [1.165, 1.54) is 0 Å². The second-order valence-electron chi connectivity index (χ2n) is 4.92. The van der Waals surface area contributed by atoms with Gasteiger partial charge in [0.2, 0.25) is 0 Å². The molecule has 1 spiro atoms. The van der Waals surface area contributed by atoms with Crippen molar-refractivity contribution in [1.29, 1.82) is 0 Å². The van der Waals surface area contributed by atoms with E-state index in [2.05, 4.69) is 15.6 Å². The Morgan fingerprint density at radius 1 is 1.21 bits per heavy atom. The van der Waals surface area contributed by atoms with Gasteiger partial charge in [-0.25, -0.2) is 0 Å². The first kappa shape index (κ1) is 12.2. The normalized spacial score (nSPS) is 21.1. The van der Waals surface area contributed by atoms with E-state index < -0.39 is 5.54 Å². The summed E-state index contributed by atoms with van der Waals surface area (Å²) in [6.07, 6.45) is 1.52. The van der Waals surface area contributed by atoms with Crippen LogP contribution in [0.4, 0.5) is 0 Å². The van der Waals surface area contributed by atoms with Crippen LogP contribution in [0, 0.1) is 0 Å². The molecule has 5 nitrogen and oxygen atoms in total. The molecule has 1 saturated heterocycles. The maximum absolute atomic E-state index is 12.2. The van der Waals surface area contributed by atoms with Gasteiger partial charge in [0.25, 0.3) is 5.91 Å². The van der Waals surface area contributed by atoms with Crippen LogP contribution in [0.15, 0.2) is 29.3 Å². The zero-order valence-corrected chi connectivity index (χ0v) is 10.9. The zero-order valence-electron chi connectivity index (χ0n) is 10.9. The Hall–Kier alpha value is -1.88. The number of hydrogen-bond acceptors (Lipinski definition) is 4. The molecule has 0 aliphatic carbocycles. The minimum atomic E-state index is -0.555. The van der Waals surface area contributed by atoms with Crippen LogP contribution in [0.5, 0.6) is 5.75 Å². The number of nitrogens with one attached hydrogen (secondary N) is 2. The number of piperidine rings is 1. The first-order valence-electron chi connectivity index (χ1n) is 6.50. The van der Waals surface area contributed by atoms with Gasteiger partial charge >= 0.3 is 0 Å². The number of amidine groups is 1. The van der Waals surface area contributed by atoms with Crippen molar-refractivity contribution < 1.29 is 9.53 Å². The maximum atomic E-state index is 12.2. The molecule has 100 valence electrons. The van der Waals surface area contributed by atoms with Gasteiger partial charge < -0.3 is 15.4 Å². The molecule has 5 heteroatoms. The van der Waals surface area contributed by atoms with Gasteiger partial charge in [-0.1, -0.05) is 0 Å². The number of carbonyl (C=O) groups is 1. The zero-order chi connectivity index (χ0) is 13.3. The van der Waals surface area contributed by atoms with Crippen molar-refractivity contribution in [3.63, 3.8) is 0 Å². The van der Waals surface area contributed by atoms with E-state index in [0.717, 1.165) is 37.2 Å². The summed E-state index contributed by atoms with van der Waals surface area (Å²) in [6.45, 7) is 1.68. The molecule has 2 aliphatic rings. The fourth-order valence-electron chi connectivity index (χ4n) is 2.58. The highest BCUT2D eigenvalue weighted by Gasteiger charge is 2.44. The van der Waals surface area contributed by atoms with Crippen molar-refractivity contribution in [3.05, 3.63) is 29.8 Å². The Labute approximate surface area is 112 Å². The van der Waals surface area contributed by atoms with Crippen molar-refractivity contribution in [3.8, 4) is 5.75 Å². The topological polar surface area (TPSA) is 62.7 Å². The molecule has 19 heavy (non-hydrogen) atoms. The average Bonchev–Trinajstić information content (AvgIpc) is 2.77. The molecule has 2 N–H and O–H groups in total. The quantitative estimate of drug-likeness (QED) is 0.821. The Kier molecular flexibility index (Phi) is 2.98. The van der Waals surface area contributed by atoms with Crippen molar-refractivity contribution in [1.82, 2.24) is 10.6 Å². The summed E-state index contributed by atoms with van der Waals surface area (Å²) in [4.78, 5) is 16.8. The van der Waals surface area contributed by atoms with Gasteiger partial charge in [-0.05, 0) is 50.2 Å². The third-order valence-corrected chi connectivity index (χ3v) is 3.77. The molecule has 1 aromatic rings. The van der Waals surface area contributed by atoms with E-state index in [1.54, 1.807) is 7.11 Å². The molecular formula is C14H17N3O2. The first-order valence-corrected chi connectivity index (χ1v) is 6.50. The number of rotatable bonds is 2. The summed E-state index contributed by atoms with van der Waals surface area (Å²) < 4.78 is 5.13. The Balaban J connectivity index is 1.88. The predicted molar refractivity (Wildman–Crippen MR) is 72.5 cm³/mol. The lowest BCUT2D eigenvalue weighted by molar-refractivity contribution is -0.124. The number of carbonyl (C=O) groups excluding carboxylic acids is 1. The molecule has 2 aliphatic heterocycles. The second kappa shape index (κ2) is 4.66. The number of amides is 1. The third kappa shape index (κ3) is 2.10. The van der Waals surface area contributed by atoms with Crippen molar-refractivity contribution >= 4 is 11.7 Å². The van der Waals surface area contributed by atoms with Crippen LogP contribution in [0.2, 0.25) is 0 Å². The molecule has 1 fully saturated rings. The number of hydrogen-bond donors (Lipinski definition) is 2. The van der Waals surface area contributed by atoms with Crippen molar-refractivity contribution in [2.24, 2.45) is 4.99 Å². The molecule has 0 atom stereocenters. The number of aliphatic imine (C=N–C) groups is 1. The molecule has 2 heterocycles. The lowest BCUT2D eigenvalue weighted by Crippen LogP contribution is -2.47. The van der Waals surface area contributed by atoms with Gasteiger partial charge in [0.1, 0.15) is 17.1 Å². The fraction of sp³-hybridized carbons (Fsp3) is 0.429. The van der Waals surface area contributed by atoms with Crippen LogP contribution in [0.3, 0.4) is 0 Å². The Morgan fingerprint density at radius 2 is 1.89 bits per heavy atom. The van der Waals surface area contributed by atoms with Crippen LogP contribution in [-0.4, -0.2) is 37.5 Å². The highest BCUT2D eigenvalue weighted by Crippen LogP contribution is 2.28. The van der Waals surface area contributed by atoms with Gasteiger partial charge in [0.05, 0.1) is 7.11 Å². The third-order valence-electron chi connectivity index (χ3n) is 3.77. The molecule has 0 bridgehead atoms. The highest BCUT2D eigenvalue weighted by atomic mass is 16.5. The monoisotopic (exact) mass is 259 g/mol. The summed E-state index contributed by atoms with van der Waals surface area (Å²) >= 11 is 0. The lowest BCUT2D eigenvalue weighted by Gasteiger charge is -2.28. The Bertz CT molecular complexity index is 516. The van der Waals surface area contributed by atoms with Crippen LogP contribution in [0.1, 0.15) is 18.4 Å². The summed E-state index contributed by atoms with van der Waals surface area (Å²) in [5, 5.41) is 6.17. The lowest BCUT2D eigenvalue weighted by atomic mass is 9.89. The second-order valence-corrected chi connectivity index (χ2v) is 4.92. The van der Waals surface area contributed by atoms with E-state index in [1.807, 2.05) is 24.3 Å². The smallest absolute Gasteiger partial charge is 0.253 e. The van der Waals surface area contributed by atoms with E-state index in [4.69, 9.17) is 4.74 Å². The molecule has 1 aromatic carbocycles. The van der Waals surface area contributed by atoms with Gasteiger partial charge in [-0.15, -0.1) is 0 Å². The number of methoxy groups -OCH3 is 1. The molecule has 0 aromatic heterocycles. The van der Waals surface area contributed by atoms with Crippen LogP contribution in [0.25, 0.3) is 0 Å². The molecule has 1 amide bonds. The number of benzene rings is 1. The number of ether oxygens (including phenoxy) is 1. The van der Waals surface area contributed by atoms with E-state index in [0.29, 0.717) is 5.84 Å². The molecular weight excluding hydrogens is 242 g/mol. The van der Waals surface area contributed by atoms with E-state index in [9.17, 15) is 4.79 Å². The SMILES string of the molecule is COc1ccc(C2=NC3(CCNCC3)C(=O)N2)cc1. The minimum absolute atomic E-state index is 0.0276. The van der Waals surface area contributed by atoms with Crippen LogP contribution in [-0.2, 0) is 4.79 Å². The summed E-state index contributed by atoms with van der Waals surface area (Å²) in [7, 11) is 1.63. The van der Waals surface area contributed by atoms with Gasteiger partial charge in [0, 0.05) is 5.56 Å². The highest BCUT2D eigenvalue weighted by molar-refractivity contribution is 6.15. The van der Waals surface area contributed by atoms with Crippen LogP contribution < -0.4 is 15.4 Å². The maximum Gasteiger partial charge on any atom is 0.253 e. The van der Waals surface area contributed by atoms with E-state index in [-0.39, 0.29) is 5.91 Å². The predicted octanol–water partition coefficient (Wildman–Crippen LogP) is 0.694. The summed E-state index contributed by atoms with van der Waals surface area (Å²) in [5.74, 6) is 1.50. The largest absolute Gasteiger partial charge is 0.497 e. The van der Waals surface area contributed by atoms with Crippen LogP contribution >= 0.6 is 0 Å². The summed E-state index contributed by atoms with van der Waals surface area (Å²) in [5.41, 5.74) is 0.366. The summed E-state index contributed by atoms with van der Waals surface area (Å²) in [6, 6.07) is 7.57. The van der Waals surface area contributed by atoms with E-state index >= 15 is 0 Å². The molecule has 0 unspecified atom stereocenters. The van der Waals surface area contributed by atoms with Gasteiger partial charge in [-0.2, -0.15) is 0 Å². The van der Waals surface area contributed by atoms with Gasteiger partial charge in [0.15, 0.2) is 0 Å². The fourth-order valence-corrected chi connectivity index (χ4v) is 2.58. The molecule has 0 saturated carbocycles. The molecule has 3 rings (SSSR count).